The van der Waals surface area contributed by atoms with Crippen molar-refractivity contribution in [1.29, 1.82) is 0 Å². The zero-order valence-electron chi connectivity index (χ0n) is 17.5. The SMILES string of the molecule is CCOc1ccc(N2C[C@@H](C(=O)NC(c3ccccc3)c3ccccc3)CC2=O)cc1. The predicted molar refractivity (Wildman–Crippen MR) is 121 cm³/mol. The number of nitrogens with one attached hydrogen (secondary N) is 1. The third-order valence-electron chi connectivity index (χ3n) is 5.51. The van der Waals surface area contributed by atoms with Crippen molar-refractivity contribution in [3.8, 4) is 5.75 Å². The maximum Gasteiger partial charge on any atom is 0.227 e. The number of ether oxygens (including phenoxy) is 1. The Kier molecular flexibility index (Phi) is 6.32. The van der Waals surface area contributed by atoms with Gasteiger partial charge in [-0.3, -0.25) is 9.59 Å². The van der Waals surface area contributed by atoms with Gasteiger partial charge in [-0.1, -0.05) is 60.7 Å². The lowest BCUT2D eigenvalue weighted by Gasteiger charge is -2.22. The summed E-state index contributed by atoms with van der Waals surface area (Å²) in [4.78, 5) is 27.5. The molecule has 0 spiro atoms. The van der Waals surface area contributed by atoms with Crippen molar-refractivity contribution in [2.75, 3.05) is 18.1 Å². The quantitative estimate of drug-likeness (QED) is 0.626. The summed E-state index contributed by atoms with van der Waals surface area (Å²) >= 11 is 0. The minimum atomic E-state index is -0.394. The average Bonchev–Trinajstić information content (AvgIpc) is 3.21. The molecule has 4 rings (SSSR count). The molecule has 3 aromatic carbocycles. The van der Waals surface area contributed by atoms with E-state index >= 15 is 0 Å². The Morgan fingerprint density at radius 3 is 2.10 bits per heavy atom. The number of benzene rings is 3. The van der Waals surface area contributed by atoms with Crippen molar-refractivity contribution in [3.05, 3.63) is 96.1 Å². The van der Waals surface area contributed by atoms with Crippen LogP contribution < -0.4 is 15.0 Å². The van der Waals surface area contributed by atoms with Crippen molar-refractivity contribution >= 4 is 17.5 Å². The van der Waals surface area contributed by atoms with Gasteiger partial charge in [-0.15, -0.1) is 0 Å². The molecule has 1 atom stereocenters. The highest BCUT2D eigenvalue weighted by Crippen LogP contribution is 2.28. The zero-order chi connectivity index (χ0) is 21.6. The molecule has 158 valence electrons. The topological polar surface area (TPSA) is 58.6 Å². The number of rotatable bonds is 7. The van der Waals surface area contributed by atoms with E-state index in [0.717, 1.165) is 22.6 Å². The molecular weight excluding hydrogens is 388 g/mol. The molecule has 0 aromatic heterocycles. The van der Waals surface area contributed by atoms with E-state index in [4.69, 9.17) is 4.74 Å². The van der Waals surface area contributed by atoms with Crippen molar-refractivity contribution in [3.63, 3.8) is 0 Å². The van der Waals surface area contributed by atoms with E-state index in [9.17, 15) is 9.59 Å². The van der Waals surface area contributed by atoms with Crippen LogP contribution in [-0.2, 0) is 9.59 Å². The smallest absolute Gasteiger partial charge is 0.227 e. The molecule has 1 fully saturated rings. The summed E-state index contributed by atoms with van der Waals surface area (Å²) < 4.78 is 5.47. The van der Waals surface area contributed by atoms with Crippen molar-refractivity contribution < 1.29 is 14.3 Å². The van der Waals surface area contributed by atoms with E-state index in [0.29, 0.717) is 13.2 Å². The molecule has 0 aliphatic carbocycles. The minimum absolute atomic E-state index is 0.0414. The van der Waals surface area contributed by atoms with E-state index in [1.807, 2.05) is 91.9 Å². The maximum absolute atomic E-state index is 13.2. The highest BCUT2D eigenvalue weighted by atomic mass is 16.5. The first-order valence-electron chi connectivity index (χ1n) is 10.6. The third kappa shape index (κ3) is 4.77. The van der Waals surface area contributed by atoms with Crippen LogP contribution in [-0.4, -0.2) is 25.0 Å². The van der Waals surface area contributed by atoms with Crippen molar-refractivity contribution in [2.45, 2.75) is 19.4 Å². The summed E-state index contributed by atoms with van der Waals surface area (Å²) in [5.74, 6) is 0.217. The Labute approximate surface area is 182 Å². The van der Waals surface area contributed by atoms with Gasteiger partial charge < -0.3 is 15.0 Å². The molecule has 0 saturated carbocycles. The molecule has 0 radical (unpaired) electrons. The fourth-order valence-corrected chi connectivity index (χ4v) is 3.93. The van der Waals surface area contributed by atoms with Crippen LogP contribution in [0.5, 0.6) is 5.75 Å². The molecule has 1 saturated heterocycles. The number of hydrogen-bond donors (Lipinski definition) is 1. The van der Waals surface area contributed by atoms with Crippen LogP contribution in [0.1, 0.15) is 30.5 Å². The molecule has 5 nitrogen and oxygen atoms in total. The van der Waals surface area contributed by atoms with E-state index in [1.54, 1.807) is 4.90 Å². The molecule has 1 aliphatic heterocycles. The number of hydrogen-bond acceptors (Lipinski definition) is 3. The molecule has 1 N–H and O–H groups in total. The maximum atomic E-state index is 13.2. The molecular formula is C26H26N2O3. The summed E-state index contributed by atoms with van der Waals surface area (Å²) in [5, 5.41) is 3.17. The lowest BCUT2D eigenvalue weighted by atomic mass is 9.97. The average molecular weight is 415 g/mol. The van der Waals surface area contributed by atoms with Crippen LogP contribution in [0.15, 0.2) is 84.9 Å². The summed E-state index contributed by atoms with van der Waals surface area (Å²) in [6, 6.07) is 26.9. The summed E-state index contributed by atoms with van der Waals surface area (Å²) in [6.07, 6.45) is 0.204. The van der Waals surface area contributed by atoms with Gasteiger partial charge in [0.2, 0.25) is 11.8 Å². The van der Waals surface area contributed by atoms with Crippen LogP contribution in [0.25, 0.3) is 0 Å². The van der Waals surface area contributed by atoms with Crippen LogP contribution in [0, 0.1) is 5.92 Å². The Morgan fingerprint density at radius 1 is 0.968 bits per heavy atom. The normalized spacial score (nSPS) is 15.9. The second kappa shape index (κ2) is 9.47. The highest BCUT2D eigenvalue weighted by Gasteiger charge is 2.36. The Balaban J connectivity index is 1.49. The van der Waals surface area contributed by atoms with Crippen LogP contribution in [0.3, 0.4) is 0 Å². The minimum Gasteiger partial charge on any atom is -0.494 e. The molecule has 2 amide bonds. The molecule has 1 heterocycles. The van der Waals surface area contributed by atoms with Gasteiger partial charge >= 0.3 is 0 Å². The molecule has 3 aromatic rings. The Hall–Kier alpha value is -3.60. The number of carbonyl (C=O) groups excluding carboxylic acids is 2. The Morgan fingerprint density at radius 2 is 1.55 bits per heavy atom. The van der Waals surface area contributed by atoms with E-state index < -0.39 is 5.92 Å². The second-order valence-electron chi connectivity index (χ2n) is 7.60. The first-order valence-corrected chi connectivity index (χ1v) is 10.6. The monoisotopic (exact) mass is 414 g/mol. The van der Waals surface area contributed by atoms with E-state index in [2.05, 4.69) is 5.32 Å². The summed E-state index contributed by atoms with van der Waals surface area (Å²) in [6.45, 7) is 2.89. The molecule has 0 bridgehead atoms. The van der Waals surface area contributed by atoms with Gasteiger partial charge in [0.1, 0.15) is 5.75 Å². The Bertz CT molecular complexity index is 980. The second-order valence-corrected chi connectivity index (χ2v) is 7.60. The van der Waals surface area contributed by atoms with Gasteiger partial charge in [-0.25, -0.2) is 0 Å². The van der Waals surface area contributed by atoms with E-state index in [-0.39, 0.29) is 24.3 Å². The van der Waals surface area contributed by atoms with Crippen molar-refractivity contribution in [1.82, 2.24) is 5.32 Å². The molecule has 1 aliphatic rings. The number of amides is 2. The standard InChI is InChI=1S/C26H26N2O3/c1-2-31-23-15-13-22(14-16-23)28-18-21(17-24(28)29)26(30)27-25(19-9-5-3-6-10-19)20-11-7-4-8-12-20/h3-16,21,25H,2,17-18H2,1H3,(H,27,30)/t21-/m0/s1. The van der Waals surface area contributed by atoms with Gasteiger partial charge in [0, 0.05) is 18.7 Å². The lowest BCUT2D eigenvalue weighted by molar-refractivity contribution is -0.126. The number of nitrogens with zero attached hydrogens (tertiary/aromatic N) is 1. The third-order valence-corrected chi connectivity index (χ3v) is 5.51. The van der Waals surface area contributed by atoms with Crippen LogP contribution in [0.4, 0.5) is 5.69 Å². The summed E-state index contributed by atoms with van der Waals surface area (Å²) in [7, 11) is 0. The first kappa shape index (κ1) is 20.7. The number of carbonyl (C=O) groups is 2. The zero-order valence-corrected chi connectivity index (χ0v) is 17.5. The highest BCUT2D eigenvalue weighted by molar-refractivity contribution is 6.00. The lowest BCUT2D eigenvalue weighted by Crippen LogP contribution is -2.36. The molecule has 0 unspecified atom stereocenters. The fraction of sp³-hybridized carbons (Fsp3) is 0.231. The van der Waals surface area contributed by atoms with Gasteiger partial charge in [0.05, 0.1) is 18.6 Å². The van der Waals surface area contributed by atoms with Gasteiger partial charge in [0.15, 0.2) is 0 Å². The van der Waals surface area contributed by atoms with Gasteiger partial charge in [-0.2, -0.15) is 0 Å². The van der Waals surface area contributed by atoms with Gasteiger partial charge in [-0.05, 0) is 42.3 Å². The number of anilines is 1. The first-order chi connectivity index (χ1) is 15.2. The fourth-order valence-electron chi connectivity index (χ4n) is 3.93. The molecule has 31 heavy (non-hydrogen) atoms. The van der Waals surface area contributed by atoms with Crippen molar-refractivity contribution in [2.24, 2.45) is 5.92 Å². The van der Waals surface area contributed by atoms with Crippen LogP contribution >= 0.6 is 0 Å². The van der Waals surface area contributed by atoms with E-state index in [1.165, 1.54) is 0 Å². The predicted octanol–water partition coefficient (Wildman–Crippen LogP) is 4.34. The molecule has 5 heteroatoms. The largest absolute Gasteiger partial charge is 0.494 e. The van der Waals surface area contributed by atoms with Gasteiger partial charge in [0.25, 0.3) is 0 Å². The summed E-state index contributed by atoms with van der Waals surface area (Å²) in [5.41, 5.74) is 2.80. The van der Waals surface area contributed by atoms with Crippen LogP contribution in [0.2, 0.25) is 0 Å².